The number of fused-ring (bicyclic) bond motifs is 1. The molecule has 4 aliphatic carbocycles. The molecular weight excluding hydrogens is 354 g/mol. The number of rotatable bonds is 4. The minimum Gasteiger partial charge on any atom is -0.497 e. The molecule has 4 fully saturated rings. The van der Waals surface area contributed by atoms with E-state index < -0.39 is 0 Å². The van der Waals surface area contributed by atoms with Gasteiger partial charge in [-0.05, 0) is 92.9 Å². The van der Waals surface area contributed by atoms with Gasteiger partial charge in [-0.2, -0.15) is 0 Å². The van der Waals surface area contributed by atoms with Crippen molar-refractivity contribution in [3.05, 3.63) is 23.8 Å². The van der Waals surface area contributed by atoms with Gasteiger partial charge in [0.2, 0.25) is 0 Å². The van der Waals surface area contributed by atoms with Gasteiger partial charge in [0.1, 0.15) is 5.75 Å². The first kappa shape index (κ1) is 18.0. The van der Waals surface area contributed by atoms with Gasteiger partial charge in [-0.25, -0.2) is 0 Å². The molecule has 0 saturated heterocycles. The molecule has 0 N–H and O–H groups in total. The van der Waals surface area contributed by atoms with E-state index in [-0.39, 0.29) is 23.9 Å². The average Bonchev–Trinajstić information content (AvgIpc) is 2.69. The number of anilines is 1. The van der Waals surface area contributed by atoms with Gasteiger partial charge in [0.05, 0.1) is 12.5 Å². The summed E-state index contributed by atoms with van der Waals surface area (Å²) in [7, 11) is 1.65. The maximum Gasteiger partial charge on any atom is 0.312 e. The smallest absolute Gasteiger partial charge is 0.312 e. The highest BCUT2D eigenvalue weighted by Gasteiger charge is 2.55. The number of esters is 1. The lowest BCUT2D eigenvalue weighted by Crippen LogP contribution is -2.51. The van der Waals surface area contributed by atoms with Crippen LogP contribution in [0.25, 0.3) is 0 Å². The molecule has 5 heteroatoms. The maximum atomic E-state index is 13.0. The Hall–Kier alpha value is -2.04. The highest BCUT2D eigenvalue weighted by molar-refractivity contribution is 5.96. The number of aryl methyl sites for hydroxylation is 1. The largest absolute Gasteiger partial charge is 0.497 e. The number of hydrogen-bond acceptors (Lipinski definition) is 4. The summed E-state index contributed by atoms with van der Waals surface area (Å²) >= 11 is 0. The van der Waals surface area contributed by atoms with E-state index in [1.807, 2.05) is 18.2 Å². The predicted octanol–water partition coefficient (Wildman–Crippen LogP) is 3.73. The van der Waals surface area contributed by atoms with Crippen molar-refractivity contribution in [3.63, 3.8) is 0 Å². The molecule has 0 atom stereocenters. The summed E-state index contributed by atoms with van der Waals surface area (Å²) in [6.07, 6.45) is 8.63. The Morgan fingerprint density at radius 3 is 2.43 bits per heavy atom. The lowest BCUT2D eigenvalue weighted by molar-refractivity contribution is -0.172. The second-order valence-electron chi connectivity index (χ2n) is 9.42. The zero-order valence-corrected chi connectivity index (χ0v) is 16.6. The fourth-order valence-corrected chi connectivity index (χ4v) is 6.68. The highest BCUT2D eigenvalue weighted by atomic mass is 16.5. The minimum atomic E-state index is -0.303. The molecule has 1 aliphatic heterocycles. The number of benzene rings is 1. The van der Waals surface area contributed by atoms with E-state index in [1.165, 1.54) is 19.3 Å². The van der Waals surface area contributed by atoms with E-state index in [1.54, 1.807) is 12.0 Å². The van der Waals surface area contributed by atoms with Crippen LogP contribution in [0.15, 0.2) is 18.2 Å². The molecule has 4 bridgehead atoms. The van der Waals surface area contributed by atoms with E-state index in [0.717, 1.165) is 49.1 Å². The topological polar surface area (TPSA) is 55.8 Å². The van der Waals surface area contributed by atoms with E-state index in [4.69, 9.17) is 9.47 Å². The minimum absolute atomic E-state index is 0.119. The van der Waals surface area contributed by atoms with Crippen LogP contribution in [0, 0.1) is 23.2 Å². The van der Waals surface area contributed by atoms with Crippen molar-refractivity contribution < 1.29 is 19.1 Å². The van der Waals surface area contributed by atoms with Crippen molar-refractivity contribution in [1.29, 1.82) is 0 Å². The molecule has 1 aromatic rings. The van der Waals surface area contributed by atoms with Crippen molar-refractivity contribution >= 4 is 17.6 Å². The molecule has 5 aliphatic rings. The monoisotopic (exact) mass is 383 g/mol. The molecule has 0 aromatic heterocycles. The van der Waals surface area contributed by atoms with Crippen LogP contribution in [-0.4, -0.2) is 32.1 Å². The van der Waals surface area contributed by atoms with Crippen molar-refractivity contribution in [2.75, 3.05) is 25.2 Å². The second-order valence-corrected chi connectivity index (χ2v) is 9.42. The van der Waals surface area contributed by atoms with Gasteiger partial charge in [0.25, 0.3) is 5.91 Å². The number of hydrogen-bond donors (Lipinski definition) is 0. The van der Waals surface area contributed by atoms with Crippen LogP contribution in [0.4, 0.5) is 5.69 Å². The first-order valence-corrected chi connectivity index (χ1v) is 10.7. The number of carbonyl (C=O) groups is 2. The first-order valence-electron chi connectivity index (χ1n) is 10.7. The molecule has 0 radical (unpaired) electrons. The molecule has 150 valence electrons. The van der Waals surface area contributed by atoms with Crippen LogP contribution in [0.2, 0.25) is 0 Å². The van der Waals surface area contributed by atoms with Crippen LogP contribution < -0.4 is 9.64 Å². The summed E-state index contributed by atoms with van der Waals surface area (Å²) in [6, 6.07) is 5.81. The second kappa shape index (κ2) is 6.78. The van der Waals surface area contributed by atoms with E-state index in [9.17, 15) is 9.59 Å². The summed E-state index contributed by atoms with van der Waals surface area (Å²) in [5.74, 6) is 2.65. The zero-order chi connectivity index (χ0) is 19.3. The van der Waals surface area contributed by atoms with E-state index in [2.05, 4.69) is 0 Å². The summed E-state index contributed by atoms with van der Waals surface area (Å²) in [5, 5.41) is 0. The van der Waals surface area contributed by atoms with Crippen LogP contribution in [0.5, 0.6) is 5.75 Å². The Morgan fingerprint density at radius 2 is 1.79 bits per heavy atom. The maximum absolute atomic E-state index is 13.0. The van der Waals surface area contributed by atoms with Gasteiger partial charge in [0.15, 0.2) is 6.61 Å². The molecule has 1 amide bonds. The van der Waals surface area contributed by atoms with E-state index >= 15 is 0 Å². The first-order chi connectivity index (χ1) is 13.6. The van der Waals surface area contributed by atoms with Crippen molar-refractivity contribution in [3.8, 4) is 5.75 Å². The van der Waals surface area contributed by atoms with Gasteiger partial charge >= 0.3 is 5.97 Å². The Labute approximate surface area is 166 Å². The van der Waals surface area contributed by atoms with Gasteiger partial charge < -0.3 is 14.4 Å². The molecule has 4 saturated carbocycles. The van der Waals surface area contributed by atoms with Gasteiger partial charge in [-0.15, -0.1) is 0 Å². The zero-order valence-electron chi connectivity index (χ0n) is 16.6. The van der Waals surface area contributed by atoms with Crippen molar-refractivity contribution in [2.24, 2.45) is 23.2 Å². The van der Waals surface area contributed by atoms with Crippen LogP contribution in [-0.2, 0) is 20.7 Å². The normalized spacial score (nSPS) is 32.8. The molecule has 5 nitrogen and oxygen atoms in total. The molecule has 28 heavy (non-hydrogen) atoms. The highest BCUT2D eigenvalue weighted by Crippen LogP contribution is 2.60. The fraction of sp³-hybridized carbons (Fsp3) is 0.652. The summed E-state index contributed by atoms with van der Waals surface area (Å²) in [5.41, 5.74) is 1.73. The Balaban J connectivity index is 1.25. The molecule has 0 spiro atoms. The SMILES string of the molecule is COc1ccc2c(c1)CCCN2C(=O)COC(=O)C12CC3CC(CC(C3)C1)C2. The fourth-order valence-electron chi connectivity index (χ4n) is 6.68. The van der Waals surface area contributed by atoms with Crippen molar-refractivity contribution in [1.82, 2.24) is 0 Å². The third kappa shape index (κ3) is 2.99. The summed E-state index contributed by atoms with van der Waals surface area (Å²) < 4.78 is 10.9. The lowest BCUT2D eigenvalue weighted by Gasteiger charge is -2.55. The Kier molecular flexibility index (Phi) is 4.37. The number of methoxy groups -OCH3 is 1. The Bertz CT molecular complexity index is 767. The summed E-state index contributed by atoms with van der Waals surface area (Å²) in [4.78, 5) is 27.6. The standard InChI is InChI=1S/C23H29NO4/c1-27-19-4-5-20-18(10-19)3-2-6-24(20)21(25)14-28-22(26)23-11-15-7-16(12-23)9-17(8-15)13-23/h4-5,10,15-17H,2-3,6-9,11-14H2,1H3. The molecule has 1 aromatic carbocycles. The molecule has 6 rings (SSSR count). The van der Waals surface area contributed by atoms with Crippen molar-refractivity contribution in [2.45, 2.75) is 51.4 Å². The molecule has 1 heterocycles. The summed E-state index contributed by atoms with van der Waals surface area (Å²) in [6.45, 7) is 0.527. The third-order valence-corrected chi connectivity index (χ3v) is 7.50. The number of nitrogens with zero attached hydrogens (tertiary/aromatic N) is 1. The van der Waals surface area contributed by atoms with E-state index in [0.29, 0.717) is 24.3 Å². The van der Waals surface area contributed by atoms with Crippen LogP contribution in [0.3, 0.4) is 0 Å². The average molecular weight is 383 g/mol. The third-order valence-electron chi connectivity index (χ3n) is 7.50. The molecular formula is C23H29NO4. The lowest BCUT2D eigenvalue weighted by atomic mass is 9.49. The number of ether oxygens (including phenoxy) is 2. The van der Waals surface area contributed by atoms with Gasteiger partial charge in [0, 0.05) is 12.2 Å². The van der Waals surface area contributed by atoms with Gasteiger partial charge in [-0.1, -0.05) is 0 Å². The molecule has 0 unspecified atom stereocenters. The number of carbonyl (C=O) groups excluding carboxylic acids is 2. The van der Waals surface area contributed by atoms with Crippen LogP contribution >= 0.6 is 0 Å². The number of amides is 1. The predicted molar refractivity (Wildman–Crippen MR) is 105 cm³/mol. The quantitative estimate of drug-likeness (QED) is 0.744. The van der Waals surface area contributed by atoms with Gasteiger partial charge in [-0.3, -0.25) is 9.59 Å². The van der Waals surface area contributed by atoms with Crippen LogP contribution in [0.1, 0.15) is 50.5 Å². The Morgan fingerprint density at radius 1 is 1.11 bits per heavy atom.